The maximum atomic E-state index is 5.88. The fraction of sp³-hybridized carbons (Fsp3) is 0.368. The van der Waals surface area contributed by atoms with E-state index in [1.54, 1.807) is 0 Å². The Hall–Kier alpha value is -1.80. The van der Waals surface area contributed by atoms with Crippen molar-refractivity contribution in [2.24, 2.45) is 0 Å². The third-order valence-electron chi connectivity index (χ3n) is 3.59. The monoisotopic (exact) mass is 283 g/mol. The van der Waals surface area contributed by atoms with Crippen LogP contribution in [0.5, 0.6) is 5.75 Å². The number of nitrogens with one attached hydrogen (secondary N) is 1. The molecule has 2 rings (SSSR count). The predicted octanol–water partition coefficient (Wildman–Crippen LogP) is 4.51. The normalized spacial score (nSPS) is 12.1. The molecule has 0 aromatic heterocycles. The average Bonchev–Trinajstić information content (AvgIpc) is 2.56. The van der Waals surface area contributed by atoms with E-state index in [1.807, 2.05) is 6.07 Å². The summed E-state index contributed by atoms with van der Waals surface area (Å²) >= 11 is 0. The number of hydrogen-bond acceptors (Lipinski definition) is 2. The summed E-state index contributed by atoms with van der Waals surface area (Å²) in [6, 6.07) is 19.2. The molecule has 0 amide bonds. The first-order chi connectivity index (χ1) is 10.3. The van der Waals surface area contributed by atoms with Crippen molar-refractivity contribution < 1.29 is 4.74 Å². The van der Waals surface area contributed by atoms with Crippen molar-refractivity contribution >= 4 is 0 Å². The molecule has 2 heteroatoms. The lowest BCUT2D eigenvalue weighted by molar-refractivity contribution is 0.260. The summed E-state index contributed by atoms with van der Waals surface area (Å²) in [6.07, 6.45) is 2.24. The standard InChI is InChI=1S/C19H25NO/c1-3-14-20-18(4-2)15-21-19-12-10-17(11-13-19)16-8-6-5-7-9-16/h5-13,18,20H,3-4,14-15H2,1-2H3. The van der Waals surface area contributed by atoms with Crippen LogP contribution in [-0.4, -0.2) is 19.2 Å². The molecule has 21 heavy (non-hydrogen) atoms. The molecule has 0 aliphatic carbocycles. The van der Waals surface area contributed by atoms with E-state index in [0.717, 1.165) is 31.7 Å². The molecule has 1 unspecified atom stereocenters. The smallest absolute Gasteiger partial charge is 0.119 e. The summed E-state index contributed by atoms with van der Waals surface area (Å²) in [4.78, 5) is 0. The van der Waals surface area contributed by atoms with Gasteiger partial charge in [0.15, 0.2) is 0 Å². The van der Waals surface area contributed by atoms with Gasteiger partial charge < -0.3 is 10.1 Å². The molecule has 2 nitrogen and oxygen atoms in total. The van der Waals surface area contributed by atoms with Crippen molar-refractivity contribution in [3.63, 3.8) is 0 Å². The Bertz CT molecular complexity index is 507. The van der Waals surface area contributed by atoms with E-state index in [0.29, 0.717) is 6.04 Å². The number of ether oxygens (including phenoxy) is 1. The van der Waals surface area contributed by atoms with Gasteiger partial charge >= 0.3 is 0 Å². The summed E-state index contributed by atoms with van der Waals surface area (Å²) in [5.74, 6) is 0.937. The van der Waals surface area contributed by atoms with Crippen LogP contribution in [0.25, 0.3) is 11.1 Å². The van der Waals surface area contributed by atoms with Crippen molar-refractivity contribution in [3.05, 3.63) is 54.6 Å². The molecule has 0 spiro atoms. The van der Waals surface area contributed by atoms with E-state index in [-0.39, 0.29) is 0 Å². The van der Waals surface area contributed by atoms with E-state index in [4.69, 9.17) is 4.74 Å². The minimum atomic E-state index is 0.429. The highest BCUT2D eigenvalue weighted by Crippen LogP contribution is 2.22. The van der Waals surface area contributed by atoms with Gasteiger partial charge in [-0.25, -0.2) is 0 Å². The summed E-state index contributed by atoms with van der Waals surface area (Å²) < 4.78 is 5.88. The van der Waals surface area contributed by atoms with Crippen LogP contribution in [0.2, 0.25) is 0 Å². The lowest BCUT2D eigenvalue weighted by Gasteiger charge is -2.17. The van der Waals surface area contributed by atoms with Gasteiger partial charge in [-0.2, -0.15) is 0 Å². The van der Waals surface area contributed by atoms with E-state index in [2.05, 4.69) is 67.7 Å². The zero-order valence-corrected chi connectivity index (χ0v) is 13.0. The highest BCUT2D eigenvalue weighted by atomic mass is 16.5. The first-order valence-electron chi connectivity index (χ1n) is 7.85. The number of rotatable bonds is 8. The minimum Gasteiger partial charge on any atom is -0.492 e. The van der Waals surface area contributed by atoms with Gasteiger partial charge in [0.1, 0.15) is 12.4 Å². The van der Waals surface area contributed by atoms with Crippen molar-refractivity contribution in [3.8, 4) is 16.9 Å². The summed E-state index contributed by atoms with van der Waals surface area (Å²) in [6.45, 7) is 6.15. The van der Waals surface area contributed by atoms with E-state index >= 15 is 0 Å². The molecule has 0 aliphatic heterocycles. The molecule has 1 N–H and O–H groups in total. The Balaban J connectivity index is 1.90. The molecule has 0 aliphatic rings. The summed E-state index contributed by atoms with van der Waals surface area (Å²) in [5, 5.41) is 3.50. The van der Waals surface area contributed by atoms with Crippen LogP contribution < -0.4 is 10.1 Å². The van der Waals surface area contributed by atoms with Crippen LogP contribution in [0.4, 0.5) is 0 Å². The zero-order chi connectivity index (χ0) is 14.9. The predicted molar refractivity (Wildman–Crippen MR) is 89.7 cm³/mol. The quantitative estimate of drug-likeness (QED) is 0.769. The topological polar surface area (TPSA) is 21.3 Å². The molecule has 0 saturated carbocycles. The zero-order valence-electron chi connectivity index (χ0n) is 13.0. The van der Waals surface area contributed by atoms with Gasteiger partial charge in [0.05, 0.1) is 0 Å². The van der Waals surface area contributed by atoms with Gasteiger partial charge in [-0.05, 0) is 42.6 Å². The lowest BCUT2D eigenvalue weighted by atomic mass is 10.1. The largest absolute Gasteiger partial charge is 0.492 e. The van der Waals surface area contributed by atoms with Crippen LogP contribution in [0.15, 0.2) is 54.6 Å². The SMILES string of the molecule is CCCNC(CC)COc1ccc(-c2ccccc2)cc1. The second-order valence-corrected chi connectivity index (χ2v) is 5.26. The van der Waals surface area contributed by atoms with Crippen LogP contribution in [0.3, 0.4) is 0 Å². The molecule has 2 aromatic carbocycles. The van der Waals surface area contributed by atoms with Crippen LogP contribution in [0, 0.1) is 0 Å². The van der Waals surface area contributed by atoms with Crippen LogP contribution in [0.1, 0.15) is 26.7 Å². The highest BCUT2D eigenvalue weighted by molar-refractivity contribution is 5.63. The fourth-order valence-corrected chi connectivity index (χ4v) is 2.24. The van der Waals surface area contributed by atoms with Crippen LogP contribution >= 0.6 is 0 Å². The molecule has 0 bridgehead atoms. The molecule has 112 valence electrons. The van der Waals surface area contributed by atoms with Gasteiger partial charge in [0.2, 0.25) is 0 Å². The maximum Gasteiger partial charge on any atom is 0.119 e. The summed E-state index contributed by atoms with van der Waals surface area (Å²) in [7, 11) is 0. The molecule has 0 fully saturated rings. The Morgan fingerprint density at radius 1 is 0.905 bits per heavy atom. The summed E-state index contributed by atoms with van der Waals surface area (Å²) in [5.41, 5.74) is 2.46. The van der Waals surface area contributed by atoms with E-state index in [1.165, 1.54) is 11.1 Å². The first kappa shape index (κ1) is 15.6. The highest BCUT2D eigenvalue weighted by Gasteiger charge is 2.06. The third kappa shape index (κ3) is 4.91. The Labute approximate surface area is 128 Å². The van der Waals surface area contributed by atoms with Gasteiger partial charge in [0, 0.05) is 6.04 Å². The second-order valence-electron chi connectivity index (χ2n) is 5.26. The third-order valence-corrected chi connectivity index (χ3v) is 3.59. The second kappa shape index (κ2) is 8.48. The first-order valence-corrected chi connectivity index (χ1v) is 7.85. The number of hydrogen-bond donors (Lipinski definition) is 1. The van der Waals surface area contributed by atoms with Crippen LogP contribution in [-0.2, 0) is 0 Å². The van der Waals surface area contributed by atoms with Gasteiger partial charge in [-0.3, -0.25) is 0 Å². The average molecular weight is 283 g/mol. The van der Waals surface area contributed by atoms with Gasteiger partial charge in [0.25, 0.3) is 0 Å². The van der Waals surface area contributed by atoms with Gasteiger partial charge in [-0.15, -0.1) is 0 Å². The van der Waals surface area contributed by atoms with Crippen molar-refractivity contribution in [1.82, 2.24) is 5.32 Å². The van der Waals surface area contributed by atoms with Crippen molar-refractivity contribution in [2.75, 3.05) is 13.2 Å². The Morgan fingerprint density at radius 3 is 2.19 bits per heavy atom. The Morgan fingerprint density at radius 2 is 1.57 bits per heavy atom. The molecule has 0 radical (unpaired) electrons. The van der Waals surface area contributed by atoms with Gasteiger partial charge in [-0.1, -0.05) is 56.3 Å². The molecular weight excluding hydrogens is 258 g/mol. The fourth-order valence-electron chi connectivity index (χ4n) is 2.24. The van der Waals surface area contributed by atoms with Crippen molar-refractivity contribution in [1.29, 1.82) is 0 Å². The molecule has 1 atom stereocenters. The van der Waals surface area contributed by atoms with Crippen molar-refractivity contribution in [2.45, 2.75) is 32.7 Å². The minimum absolute atomic E-state index is 0.429. The molecular formula is C19H25NO. The maximum absolute atomic E-state index is 5.88. The molecule has 0 heterocycles. The van der Waals surface area contributed by atoms with E-state index < -0.39 is 0 Å². The Kier molecular flexibility index (Phi) is 6.29. The number of benzene rings is 2. The molecule has 0 saturated heterocycles. The lowest BCUT2D eigenvalue weighted by Crippen LogP contribution is -2.34. The molecule has 2 aromatic rings. The van der Waals surface area contributed by atoms with E-state index in [9.17, 15) is 0 Å².